The van der Waals surface area contributed by atoms with E-state index in [1.165, 1.54) is 12.1 Å². The molecular weight excluding hydrogens is 373 g/mol. The normalized spacial score (nSPS) is 10.3. The Hall–Kier alpha value is -3.53. The molecule has 0 radical (unpaired) electrons. The standard InChI is InChI=1S/C17H12FN5O3S/c18-12-8-6-11(7-9-12)16(24)22-21-15-14(23(25)26)17(20-10-19-15)27-13-4-2-1-3-5-13/h1-10H,(H,22,24)(H,19,20,21). The minimum atomic E-state index is -0.627. The van der Waals surface area contributed by atoms with Crippen molar-refractivity contribution in [2.45, 2.75) is 9.92 Å². The van der Waals surface area contributed by atoms with Gasteiger partial charge in [0.15, 0.2) is 5.03 Å². The van der Waals surface area contributed by atoms with E-state index in [4.69, 9.17) is 0 Å². The van der Waals surface area contributed by atoms with Gasteiger partial charge in [-0.2, -0.15) is 0 Å². The molecule has 1 amide bonds. The maximum Gasteiger partial charge on any atom is 0.345 e. The number of amides is 1. The predicted octanol–water partition coefficient (Wildman–Crippen LogP) is 3.43. The molecule has 8 nitrogen and oxygen atoms in total. The first-order valence-corrected chi connectivity index (χ1v) is 8.40. The molecule has 27 heavy (non-hydrogen) atoms. The van der Waals surface area contributed by atoms with Gasteiger partial charge in [-0.05, 0) is 36.4 Å². The van der Waals surface area contributed by atoms with Crippen molar-refractivity contribution in [2.75, 3.05) is 5.43 Å². The summed E-state index contributed by atoms with van der Waals surface area (Å²) in [6.45, 7) is 0. The zero-order valence-corrected chi connectivity index (χ0v) is 14.4. The van der Waals surface area contributed by atoms with Gasteiger partial charge in [0.1, 0.15) is 12.1 Å². The molecule has 0 atom stereocenters. The van der Waals surface area contributed by atoms with E-state index in [0.717, 1.165) is 35.1 Å². The van der Waals surface area contributed by atoms with Crippen molar-refractivity contribution in [1.82, 2.24) is 15.4 Å². The monoisotopic (exact) mass is 385 g/mol. The van der Waals surface area contributed by atoms with Crippen LogP contribution >= 0.6 is 11.8 Å². The number of carbonyl (C=O) groups excluding carboxylic acids is 1. The molecule has 136 valence electrons. The number of benzene rings is 2. The summed E-state index contributed by atoms with van der Waals surface area (Å²) in [5, 5.41) is 11.6. The lowest BCUT2D eigenvalue weighted by Crippen LogP contribution is -2.30. The van der Waals surface area contributed by atoms with E-state index in [-0.39, 0.29) is 22.1 Å². The largest absolute Gasteiger partial charge is 0.345 e. The number of aromatic nitrogens is 2. The molecule has 0 saturated carbocycles. The number of halogens is 1. The Morgan fingerprint density at radius 2 is 1.78 bits per heavy atom. The van der Waals surface area contributed by atoms with Gasteiger partial charge in [0, 0.05) is 10.5 Å². The topological polar surface area (TPSA) is 110 Å². The summed E-state index contributed by atoms with van der Waals surface area (Å²) in [6.07, 6.45) is 1.16. The molecule has 0 fully saturated rings. The van der Waals surface area contributed by atoms with Gasteiger partial charge in [0.25, 0.3) is 5.91 Å². The van der Waals surface area contributed by atoms with Crippen LogP contribution in [0.4, 0.5) is 15.9 Å². The molecule has 0 saturated heterocycles. The summed E-state index contributed by atoms with van der Waals surface area (Å²) in [5.41, 5.74) is 4.55. The summed E-state index contributed by atoms with van der Waals surface area (Å²) in [7, 11) is 0. The first-order valence-electron chi connectivity index (χ1n) is 7.59. The van der Waals surface area contributed by atoms with E-state index in [1.807, 2.05) is 6.07 Å². The molecule has 2 aromatic carbocycles. The smallest absolute Gasteiger partial charge is 0.276 e. The lowest BCUT2D eigenvalue weighted by atomic mass is 10.2. The Balaban J connectivity index is 1.80. The third kappa shape index (κ3) is 4.55. The Kier molecular flexibility index (Phi) is 5.57. The molecule has 0 aliphatic rings. The van der Waals surface area contributed by atoms with Crippen LogP contribution in [0.2, 0.25) is 0 Å². The van der Waals surface area contributed by atoms with E-state index in [9.17, 15) is 19.3 Å². The maximum atomic E-state index is 12.9. The van der Waals surface area contributed by atoms with Crippen molar-refractivity contribution in [3.8, 4) is 0 Å². The van der Waals surface area contributed by atoms with Gasteiger partial charge in [-0.15, -0.1) is 0 Å². The molecule has 1 aromatic heterocycles. The van der Waals surface area contributed by atoms with Crippen molar-refractivity contribution in [2.24, 2.45) is 0 Å². The number of nitro groups is 1. The fourth-order valence-electron chi connectivity index (χ4n) is 2.08. The van der Waals surface area contributed by atoms with Crippen LogP contribution in [-0.4, -0.2) is 20.8 Å². The zero-order chi connectivity index (χ0) is 19.2. The van der Waals surface area contributed by atoms with Crippen LogP contribution < -0.4 is 10.9 Å². The predicted molar refractivity (Wildman–Crippen MR) is 96.7 cm³/mol. The van der Waals surface area contributed by atoms with E-state index >= 15 is 0 Å². The highest BCUT2D eigenvalue weighted by atomic mass is 32.2. The van der Waals surface area contributed by atoms with Crippen molar-refractivity contribution in [3.63, 3.8) is 0 Å². The molecular formula is C17H12FN5O3S. The Morgan fingerprint density at radius 3 is 2.44 bits per heavy atom. The molecule has 3 aromatic rings. The number of rotatable bonds is 6. The average Bonchev–Trinajstić information content (AvgIpc) is 2.67. The lowest BCUT2D eigenvalue weighted by Gasteiger charge is -2.09. The third-order valence-corrected chi connectivity index (χ3v) is 4.33. The summed E-state index contributed by atoms with van der Waals surface area (Å²) < 4.78 is 12.9. The highest BCUT2D eigenvalue weighted by Crippen LogP contribution is 2.36. The van der Waals surface area contributed by atoms with Gasteiger partial charge in [0.2, 0.25) is 5.82 Å². The number of hydrazine groups is 1. The summed E-state index contributed by atoms with van der Waals surface area (Å²) in [5.74, 6) is -1.24. The van der Waals surface area contributed by atoms with Crippen molar-refractivity contribution in [1.29, 1.82) is 0 Å². The Bertz CT molecular complexity index is 970. The minimum absolute atomic E-state index is 0.125. The molecule has 0 spiro atoms. The lowest BCUT2D eigenvalue weighted by molar-refractivity contribution is -0.387. The highest BCUT2D eigenvalue weighted by Gasteiger charge is 2.24. The fraction of sp³-hybridized carbons (Fsp3) is 0. The van der Waals surface area contributed by atoms with Crippen LogP contribution in [0, 0.1) is 15.9 Å². The summed E-state index contributed by atoms with van der Waals surface area (Å²) in [4.78, 5) is 31.5. The fourth-order valence-corrected chi connectivity index (χ4v) is 2.97. The number of nitrogens with zero attached hydrogens (tertiary/aromatic N) is 3. The number of nitrogens with one attached hydrogen (secondary N) is 2. The van der Waals surface area contributed by atoms with Gasteiger partial charge in [-0.1, -0.05) is 30.0 Å². The zero-order valence-electron chi connectivity index (χ0n) is 13.6. The quantitative estimate of drug-likeness (QED) is 0.380. The van der Waals surface area contributed by atoms with Crippen molar-refractivity contribution < 1.29 is 14.1 Å². The first kappa shape index (κ1) is 18.3. The third-order valence-electron chi connectivity index (χ3n) is 3.33. The Labute approximate surface area is 157 Å². The summed E-state index contributed by atoms with van der Waals surface area (Å²) in [6, 6.07) is 13.9. The van der Waals surface area contributed by atoms with Gasteiger partial charge >= 0.3 is 5.69 Å². The number of hydrogen-bond acceptors (Lipinski definition) is 7. The van der Waals surface area contributed by atoms with Crippen LogP contribution in [-0.2, 0) is 0 Å². The van der Waals surface area contributed by atoms with Gasteiger partial charge in [-0.3, -0.25) is 25.8 Å². The van der Waals surface area contributed by atoms with Crippen LogP contribution in [0.15, 0.2) is 70.8 Å². The van der Waals surface area contributed by atoms with Crippen molar-refractivity contribution in [3.05, 3.63) is 82.4 Å². The highest BCUT2D eigenvalue weighted by molar-refractivity contribution is 7.99. The van der Waals surface area contributed by atoms with Crippen LogP contribution in [0.1, 0.15) is 10.4 Å². The molecule has 0 aliphatic heterocycles. The van der Waals surface area contributed by atoms with Gasteiger partial charge in [0.05, 0.1) is 4.92 Å². The van der Waals surface area contributed by atoms with Crippen LogP contribution in [0.5, 0.6) is 0 Å². The van der Waals surface area contributed by atoms with E-state index < -0.39 is 16.6 Å². The number of hydrogen-bond donors (Lipinski definition) is 2. The van der Waals surface area contributed by atoms with Crippen molar-refractivity contribution >= 4 is 29.2 Å². The second-order valence-corrected chi connectivity index (χ2v) is 6.20. The number of carbonyl (C=O) groups is 1. The average molecular weight is 385 g/mol. The Morgan fingerprint density at radius 1 is 1.07 bits per heavy atom. The second-order valence-electron chi connectivity index (χ2n) is 5.13. The van der Waals surface area contributed by atoms with E-state index in [2.05, 4.69) is 20.8 Å². The summed E-state index contributed by atoms with van der Waals surface area (Å²) >= 11 is 1.10. The van der Waals surface area contributed by atoms with E-state index in [0.29, 0.717) is 0 Å². The maximum absolute atomic E-state index is 12.9. The molecule has 0 aliphatic carbocycles. The van der Waals surface area contributed by atoms with Crippen LogP contribution in [0.3, 0.4) is 0 Å². The molecule has 2 N–H and O–H groups in total. The first-order chi connectivity index (χ1) is 13.0. The second kappa shape index (κ2) is 8.23. The van der Waals surface area contributed by atoms with Gasteiger partial charge < -0.3 is 0 Å². The minimum Gasteiger partial charge on any atom is -0.276 e. The molecule has 0 unspecified atom stereocenters. The van der Waals surface area contributed by atoms with Gasteiger partial charge in [-0.25, -0.2) is 14.4 Å². The molecule has 10 heteroatoms. The van der Waals surface area contributed by atoms with Crippen LogP contribution in [0.25, 0.3) is 0 Å². The molecule has 3 rings (SSSR count). The number of anilines is 1. The molecule has 0 bridgehead atoms. The SMILES string of the molecule is O=C(NNc1ncnc(Sc2ccccc2)c1[N+](=O)[O-])c1ccc(F)cc1. The molecule has 1 heterocycles. The van der Waals surface area contributed by atoms with E-state index in [1.54, 1.807) is 24.3 Å².